The lowest BCUT2D eigenvalue weighted by molar-refractivity contribution is -0.387. The van der Waals surface area contributed by atoms with Gasteiger partial charge in [-0.2, -0.15) is 0 Å². The van der Waals surface area contributed by atoms with Crippen molar-refractivity contribution in [3.8, 4) is 0 Å². The van der Waals surface area contributed by atoms with Crippen LogP contribution in [0.5, 0.6) is 0 Å². The molecule has 0 unspecified atom stereocenters. The zero-order chi connectivity index (χ0) is 19.0. The molecular weight excluding hydrogens is 356 g/mol. The second kappa shape index (κ2) is 8.94. The van der Waals surface area contributed by atoms with Crippen molar-refractivity contribution in [3.63, 3.8) is 0 Å². The number of unbranched alkanes of at least 4 members (excludes halogenated alkanes) is 1. The van der Waals surface area contributed by atoms with Gasteiger partial charge in [0, 0.05) is 12.6 Å². The number of para-hydroxylation sites is 1. The fourth-order valence-corrected chi connectivity index (χ4v) is 3.27. The molecule has 11 nitrogen and oxygen atoms in total. The number of nitrogens with two attached hydrogens (primary N) is 1. The topological polar surface area (TPSA) is 182 Å². The molecule has 0 aliphatic carbocycles. The number of nitrogens with one attached hydrogen (secondary N) is 2. The fraction of sp³-hybridized carbons (Fsp3) is 0.385. The van der Waals surface area contributed by atoms with E-state index in [9.17, 15) is 28.1 Å². The number of hydrogen-bond acceptors (Lipinski definition) is 6. The number of nitro groups is 1. The third-order valence-corrected chi connectivity index (χ3v) is 4.71. The van der Waals surface area contributed by atoms with Crippen molar-refractivity contribution in [3.05, 3.63) is 34.4 Å². The van der Waals surface area contributed by atoms with E-state index in [4.69, 9.17) is 10.8 Å². The first-order valence-corrected chi connectivity index (χ1v) is 8.65. The summed E-state index contributed by atoms with van der Waals surface area (Å²) in [5.74, 6) is -0.831. The number of primary amides is 1. The van der Waals surface area contributed by atoms with E-state index in [1.165, 1.54) is 12.1 Å². The summed E-state index contributed by atoms with van der Waals surface area (Å²) in [6.45, 7) is -0.0348. The maximum absolute atomic E-state index is 12.1. The lowest BCUT2D eigenvalue weighted by Crippen LogP contribution is -2.43. The van der Waals surface area contributed by atoms with Gasteiger partial charge in [0.25, 0.3) is 5.69 Å². The van der Waals surface area contributed by atoms with Crippen LogP contribution in [0.15, 0.2) is 29.2 Å². The predicted octanol–water partition coefficient (Wildman–Crippen LogP) is 0.165. The Morgan fingerprint density at radius 3 is 2.48 bits per heavy atom. The lowest BCUT2D eigenvalue weighted by Gasteiger charge is -2.13. The predicted molar refractivity (Wildman–Crippen MR) is 86.3 cm³/mol. The van der Waals surface area contributed by atoms with Crippen molar-refractivity contribution in [1.82, 2.24) is 10.0 Å². The van der Waals surface area contributed by atoms with E-state index in [0.29, 0.717) is 6.42 Å². The standard InChI is InChI=1S/C13H18N4O7S/c14-12(18)9(16-13(19)20)5-3-4-8-15-25(23,24)11-7-2-1-6-10(11)17(21)22/h1-2,6-7,9,15-16H,3-5,8H2,(H2,14,18)(H,19,20)/t9-/m0/s1. The smallest absolute Gasteiger partial charge is 0.405 e. The quantitative estimate of drug-likeness (QED) is 0.255. The van der Waals surface area contributed by atoms with Crippen molar-refractivity contribution in [2.75, 3.05) is 6.54 Å². The Bertz CT molecular complexity index is 750. The van der Waals surface area contributed by atoms with Crippen LogP contribution < -0.4 is 15.8 Å². The van der Waals surface area contributed by atoms with Crippen LogP contribution in [0.3, 0.4) is 0 Å². The molecule has 138 valence electrons. The summed E-state index contributed by atoms with van der Waals surface area (Å²) in [5.41, 5.74) is 4.52. The van der Waals surface area contributed by atoms with E-state index in [1.54, 1.807) is 0 Å². The highest BCUT2D eigenvalue weighted by molar-refractivity contribution is 7.89. The average Bonchev–Trinajstić information content (AvgIpc) is 2.52. The molecule has 0 aliphatic rings. The number of rotatable bonds is 10. The molecule has 0 aromatic heterocycles. The number of nitrogens with zero attached hydrogens (tertiary/aromatic N) is 1. The fourth-order valence-electron chi connectivity index (χ4n) is 2.03. The highest BCUT2D eigenvalue weighted by Gasteiger charge is 2.24. The Morgan fingerprint density at radius 2 is 1.92 bits per heavy atom. The van der Waals surface area contributed by atoms with Gasteiger partial charge in [-0.05, 0) is 25.3 Å². The average molecular weight is 374 g/mol. The van der Waals surface area contributed by atoms with E-state index < -0.39 is 43.6 Å². The third-order valence-electron chi connectivity index (χ3n) is 3.20. The van der Waals surface area contributed by atoms with Crippen LogP contribution in [0.1, 0.15) is 19.3 Å². The molecule has 12 heteroatoms. The molecule has 1 rings (SSSR count). The van der Waals surface area contributed by atoms with Gasteiger partial charge in [0.2, 0.25) is 15.9 Å². The number of nitro benzene ring substituents is 1. The molecule has 5 N–H and O–H groups in total. The minimum absolute atomic E-state index is 0.0348. The van der Waals surface area contributed by atoms with Crippen molar-refractivity contribution < 1.29 is 28.0 Å². The molecule has 0 aliphatic heterocycles. The van der Waals surface area contributed by atoms with Gasteiger partial charge in [-0.3, -0.25) is 14.9 Å². The Hall–Kier alpha value is -2.73. The van der Waals surface area contributed by atoms with E-state index in [0.717, 1.165) is 12.1 Å². The zero-order valence-electron chi connectivity index (χ0n) is 13.0. The number of benzene rings is 1. The van der Waals surface area contributed by atoms with Crippen LogP contribution in [0.4, 0.5) is 10.5 Å². The highest BCUT2D eigenvalue weighted by atomic mass is 32.2. The number of carbonyl (C=O) groups is 2. The van der Waals surface area contributed by atoms with Crippen molar-refractivity contribution in [2.24, 2.45) is 5.73 Å². The number of sulfonamides is 1. The number of amides is 2. The van der Waals surface area contributed by atoms with Crippen LogP contribution in [0, 0.1) is 10.1 Å². The van der Waals surface area contributed by atoms with E-state index in [1.807, 2.05) is 5.32 Å². The van der Waals surface area contributed by atoms with Gasteiger partial charge in [0.15, 0.2) is 4.90 Å². The summed E-state index contributed by atoms with van der Waals surface area (Å²) < 4.78 is 26.5. The molecule has 0 radical (unpaired) electrons. The largest absolute Gasteiger partial charge is 0.465 e. The van der Waals surface area contributed by atoms with Gasteiger partial charge in [-0.15, -0.1) is 0 Å². The highest BCUT2D eigenvalue weighted by Crippen LogP contribution is 2.22. The monoisotopic (exact) mass is 374 g/mol. The first-order chi connectivity index (χ1) is 11.6. The summed E-state index contributed by atoms with van der Waals surface area (Å²) in [7, 11) is -4.07. The Labute approximate surface area is 143 Å². The molecular formula is C13H18N4O7S. The molecule has 1 aromatic rings. The molecule has 0 bridgehead atoms. The van der Waals surface area contributed by atoms with E-state index >= 15 is 0 Å². The summed E-state index contributed by atoms with van der Waals surface area (Å²) in [5, 5.41) is 21.4. The molecule has 1 aromatic carbocycles. The molecule has 0 saturated heterocycles. The van der Waals surface area contributed by atoms with Crippen LogP contribution in [-0.2, 0) is 14.8 Å². The van der Waals surface area contributed by atoms with Crippen LogP contribution >= 0.6 is 0 Å². The van der Waals surface area contributed by atoms with E-state index in [2.05, 4.69) is 4.72 Å². The minimum atomic E-state index is -4.07. The molecule has 0 fully saturated rings. The molecule has 0 heterocycles. The maximum atomic E-state index is 12.1. The molecule has 0 saturated carbocycles. The van der Waals surface area contributed by atoms with Gasteiger partial charge in [0.05, 0.1) is 4.92 Å². The Balaban J connectivity index is 2.57. The number of carbonyl (C=O) groups excluding carboxylic acids is 1. The summed E-state index contributed by atoms with van der Waals surface area (Å²) >= 11 is 0. The SMILES string of the molecule is NC(=O)[C@H](CCCCNS(=O)(=O)c1ccccc1[N+](=O)[O-])NC(=O)O. The van der Waals surface area contributed by atoms with Crippen LogP contribution in [0.2, 0.25) is 0 Å². The van der Waals surface area contributed by atoms with Gasteiger partial charge in [-0.1, -0.05) is 12.1 Å². The third kappa shape index (κ3) is 6.35. The van der Waals surface area contributed by atoms with Crippen molar-refractivity contribution in [2.45, 2.75) is 30.2 Å². The van der Waals surface area contributed by atoms with Gasteiger partial charge in [0.1, 0.15) is 6.04 Å². The van der Waals surface area contributed by atoms with Crippen molar-refractivity contribution >= 4 is 27.7 Å². The summed E-state index contributed by atoms with van der Waals surface area (Å²) in [4.78, 5) is 31.2. The number of hydrogen-bond donors (Lipinski definition) is 4. The van der Waals surface area contributed by atoms with Gasteiger partial charge < -0.3 is 16.2 Å². The van der Waals surface area contributed by atoms with Crippen LogP contribution in [0.25, 0.3) is 0 Å². The first kappa shape index (κ1) is 20.3. The lowest BCUT2D eigenvalue weighted by atomic mass is 10.1. The minimum Gasteiger partial charge on any atom is -0.465 e. The second-order valence-corrected chi connectivity index (χ2v) is 6.76. The summed E-state index contributed by atoms with van der Waals surface area (Å²) in [6, 6.07) is 3.88. The maximum Gasteiger partial charge on any atom is 0.405 e. The molecule has 2 amide bonds. The number of carboxylic acid groups (broad SMARTS) is 1. The zero-order valence-corrected chi connectivity index (χ0v) is 13.9. The summed E-state index contributed by atoms with van der Waals surface area (Å²) in [6.07, 6.45) is -0.687. The molecule has 25 heavy (non-hydrogen) atoms. The van der Waals surface area contributed by atoms with Crippen molar-refractivity contribution in [1.29, 1.82) is 0 Å². The van der Waals surface area contributed by atoms with Crippen LogP contribution in [-0.4, -0.2) is 43.0 Å². The van der Waals surface area contributed by atoms with Gasteiger partial charge >= 0.3 is 6.09 Å². The first-order valence-electron chi connectivity index (χ1n) is 7.17. The molecule has 1 atom stereocenters. The Morgan fingerprint density at radius 1 is 1.28 bits per heavy atom. The normalized spacial score (nSPS) is 12.3. The second-order valence-electron chi connectivity index (χ2n) is 5.02. The Kier molecular flexibility index (Phi) is 7.26. The van der Waals surface area contributed by atoms with Gasteiger partial charge in [-0.25, -0.2) is 17.9 Å². The molecule has 0 spiro atoms. The van der Waals surface area contributed by atoms with E-state index in [-0.39, 0.29) is 19.4 Å².